The largest absolute Gasteiger partial charge is 0.507 e. The number of allylic oxidation sites excluding steroid dienone is 1. The number of carbonyl (C=O) groups excluding carboxylic acids is 1. The normalized spacial score (nSPS) is 11.8. The number of alkyl halides is 3. The molecule has 5 N–H and O–H groups in total. The Labute approximate surface area is 412 Å². The van der Waals surface area contributed by atoms with Gasteiger partial charge in [-0.2, -0.15) is 33.6 Å². The van der Waals surface area contributed by atoms with Crippen molar-refractivity contribution in [2.24, 2.45) is 20.5 Å². The molecular formula is C51H56F3N7O8S2. The number of nitrogens with one attached hydrogen (secondary N) is 3. The fourth-order valence-electron chi connectivity index (χ4n) is 5.93. The molecule has 0 spiro atoms. The number of aromatic hydroxyl groups is 2. The van der Waals surface area contributed by atoms with Crippen LogP contribution >= 0.6 is 0 Å². The van der Waals surface area contributed by atoms with Crippen LogP contribution in [0.4, 0.5) is 52.1 Å². The molecule has 6 aromatic rings. The Bertz CT molecular complexity index is 3050. The van der Waals surface area contributed by atoms with E-state index in [0.717, 1.165) is 29.8 Å². The number of amides is 1. The van der Waals surface area contributed by atoms with Gasteiger partial charge in [-0.15, -0.1) is 6.58 Å². The third-order valence-corrected chi connectivity index (χ3v) is 12.1. The maximum atomic E-state index is 12.8. The van der Waals surface area contributed by atoms with Crippen LogP contribution in [0.2, 0.25) is 0 Å². The van der Waals surface area contributed by atoms with E-state index < -0.39 is 43.5 Å². The first-order chi connectivity index (χ1) is 33.0. The van der Waals surface area contributed by atoms with Crippen molar-refractivity contribution in [1.29, 1.82) is 0 Å². The predicted octanol–water partition coefficient (Wildman–Crippen LogP) is 14.1. The van der Waals surface area contributed by atoms with Crippen LogP contribution in [0.5, 0.6) is 11.5 Å². The number of hydrogen-bond donors (Lipinski definition) is 5. The van der Waals surface area contributed by atoms with Crippen molar-refractivity contribution < 1.29 is 49.8 Å². The Kier molecular flexibility index (Phi) is 18.8. The molecule has 0 heterocycles. The van der Waals surface area contributed by atoms with Crippen molar-refractivity contribution in [1.82, 2.24) is 5.32 Å². The predicted molar refractivity (Wildman–Crippen MR) is 269 cm³/mol. The van der Waals surface area contributed by atoms with Gasteiger partial charge in [-0.25, -0.2) is 21.6 Å². The molecule has 6 rings (SSSR count). The first-order valence-electron chi connectivity index (χ1n) is 21.6. The molecule has 0 aliphatic carbocycles. The number of carbonyl (C=O) groups is 1. The van der Waals surface area contributed by atoms with Crippen molar-refractivity contribution in [3.63, 3.8) is 0 Å². The maximum absolute atomic E-state index is 12.8. The number of phenolic OH excluding ortho intramolecular Hbond substituents is 2. The second-order valence-corrected chi connectivity index (χ2v) is 20.7. The van der Waals surface area contributed by atoms with Crippen LogP contribution in [0.15, 0.2) is 164 Å². The third kappa shape index (κ3) is 18.0. The lowest BCUT2D eigenvalue weighted by atomic mass is 10.1. The summed E-state index contributed by atoms with van der Waals surface area (Å²) in [5.74, 6) is 0.414. The summed E-state index contributed by atoms with van der Waals surface area (Å²) in [5, 5.41) is 38.8. The minimum absolute atomic E-state index is 0.00911. The zero-order valence-electron chi connectivity index (χ0n) is 40.5. The van der Waals surface area contributed by atoms with E-state index in [0.29, 0.717) is 50.7 Å². The highest BCUT2D eigenvalue weighted by atomic mass is 32.2. The third-order valence-electron chi connectivity index (χ3n) is 9.31. The number of hydrogen-bond acceptors (Lipinski definition) is 12. The smallest absolute Gasteiger partial charge is 0.416 e. The van der Waals surface area contributed by atoms with E-state index in [1.54, 1.807) is 109 Å². The van der Waals surface area contributed by atoms with Gasteiger partial charge in [0.15, 0.2) is 0 Å². The molecule has 71 heavy (non-hydrogen) atoms. The molecule has 0 unspecified atom stereocenters. The molecule has 20 heteroatoms. The highest BCUT2D eigenvalue weighted by Crippen LogP contribution is 2.32. The first-order valence-corrected chi connectivity index (χ1v) is 24.5. The number of aryl methyl sites for hydroxylation is 4. The van der Waals surface area contributed by atoms with Crippen molar-refractivity contribution in [3.8, 4) is 11.5 Å². The molecule has 1 amide bonds. The van der Waals surface area contributed by atoms with Gasteiger partial charge in [0.1, 0.15) is 17.1 Å². The summed E-state index contributed by atoms with van der Waals surface area (Å²) in [6, 6.07) is 28.7. The summed E-state index contributed by atoms with van der Waals surface area (Å²) in [4.78, 5) is 11.8. The lowest BCUT2D eigenvalue weighted by Crippen LogP contribution is -2.32. The van der Waals surface area contributed by atoms with Crippen LogP contribution in [-0.4, -0.2) is 38.7 Å². The van der Waals surface area contributed by atoms with Crippen LogP contribution in [-0.2, 0) is 37.5 Å². The molecule has 0 bridgehead atoms. The second-order valence-electron chi connectivity index (χ2n) is 17.3. The lowest BCUT2D eigenvalue weighted by Gasteiger charge is -2.19. The van der Waals surface area contributed by atoms with Crippen LogP contribution in [0.1, 0.15) is 68.0 Å². The fourth-order valence-corrected chi connectivity index (χ4v) is 8.05. The number of halogens is 3. The Balaban J connectivity index is 0.000000289. The van der Waals surface area contributed by atoms with Gasteiger partial charge >= 0.3 is 12.3 Å². The van der Waals surface area contributed by atoms with E-state index in [2.05, 4.69) is 41.8 Å². The number of rotatable bonds is 12. The number of benzene rings is 6. The van der Waals surface area contributed by atoms with E-state index in [1.165, 1.54) is 42.0 Å². The lowest BCUT2D eigenvalue weighted by molar-refractivity contribution is -0.137. The number of azo groups is 2. The van der Waals surface area contributed by atoms with Crippen LogP contribution in [0, 0.1) is 27.7 Å². The monoisotopic (exact) mass is 1020 g/mol. The molecule has 0 fully saturated rings. The van der Waals surface area contributed by atoms with Crippen LogP contribution in [0.3, 0.4) is 0 Å². The van der Waals surface area contributed by atoms with Crippen LogP contribution < -0.4 is 14.8 Å². The minimum Gasteiger partial charge on any atom is -0.507 e. The minimum atomic E-state index is -4.50. The van der Waals surface area contributed by atoms with Crippen LogP contribution in [0.25, 0.3) is 0 Å². The quantitative estimate of drug-likeness (QED) is 0.0585. The maximum Gasteiger partial charge on any atom is 0.416 e. The fraction of sp³-hybridized carbons (Fsp3) is 0.235. The number of nitrogens with zero attached hydrogens (tertiary/aromatic N) is 4. The molecule has 0 aromatic heterocycles. The first kappa shape index (κ1) is 56.0. The Morgan fingerprint density at radius 2 is 0.901 bits per heavy atom. The SMILES string of the molecule is C=C(C)C.Cc1cc(N=Nc2ccc(S(=O)(=O)Nc3ccc(C(F)(F)F)cc3)cc2)cc(C)c1O.Cc1cc(N=Nc2ccc(S(=O)(=O)Nc3ccc(CNC(=O)OC(C)(C)C)cc3)cc2)cc(C)c1O. The highest BCUT2D eigenvalue weighted by molar-refractivity contribution is 7.93. The molecule has 6 aromatic carbocycles. The molecule has 0 radical (unpaired) electrons. The molecule has 376 valence electrons. The van der Waals surface area contributed by atoms with Gasteiger partial charge in [-0.3, -0.25) is 9.44 Å². The number of sulfonamides is 2. The zero-order valence-corrected chi connectivity index (χ0v) is 42.2. The van der Waals surface area contributed by atoms with Crippen molar-refractivity contribution >= 4 is 60.3 Å². The number of anilines is 2. The molecule has 0 atom stereocenters. The summed E-state index contributed by atoms with van der Waals surface area (Å²) < 4.78 is 98.3. The molecule has 0 aliphatic heterocycles. The number of phenols is 2. The van der Waals surface area contributed by atoms with Crippen molar-refractivity contribution in [2.75, 3.05) is 9.44 Å². The van der Waals surface area contributed by atoms with Gasteiger partial charge in [-0.1, -0.05) is 17.7 Å². The molecular weight excluding hydrogens is 960 g/mol. The number of alkyl carbamates (subject to hydrolysis) is 1. The average molecular weight is 1020 g/mol. The Hall–Kier alpha value is -7.58. The van der Waals surface area contributed by atoms with Crippen molar-refractivity contribution in [2.45, 2.75) is 90.4 Å². The number of ether oxygens (including phenoxy) is 1. The van der Waals surface area contributed by atoms with Crippen molar-refractivity contribution in [3.05, 3.63) is 167 Å². The van der Waals surface area contributed by atoms with E-state index in [1.807, 2.05) is 13.8 Å². The highest BCUT2D eigenvalue weighted by Gasteiger charge is 2.30. The second kappa shape index (κ2) is 23.8. The standard InChI is InChI=1S/C26H30N4O5S.C21H18F3N3O3S.C4H8/c1-17-14-22(15-18(2)24(17)31)29-28-20-10-12-23(13-11-20)36(33,34)30-21-8-6-19(7-9-21)16-27-25(32)35-26(3,4)5;1-13-11-18(12-14(2)20(13)28)26-25-16-7-9-19(10-8-16)31(29,30)27-17-5-3-15(4-6-17)21(22,23)24;1-4(2)3/h6-15,30-31H,16H2,1-5H3,(H,27,32);3-12,27-28H,1-2H3;1H2,2-3H3. The topological polar surface area (TPSA) is 221 Å². The Morgan fingerprint density at radius 3 is 1.23 bits per heavy atom. The van der Waals surface area contributed by atoms with E-state index in [9.17, 15) is 45.0 Å². The molecule has 0 saturated heterocycles. The van der Waals surface area contributed by atoms with Gasteiger partial charge < -0.3 is 20.3 Å². The Morgan fingerprint density at radius 1 is 0.577 bits per heavy atom. The molecule has 0 aliphatic rings. The van der Waals surface area contributed by atoms with Gasteiger partial charge in [0, 0.05) is 17.9 Å². The van der Waals surface area contributed by atoms with E-state index >= 15 is 0 Å². The summed E-state index contributed by atoms with van der Waals surface area (Å²) in [6.07, 6.45) is -5.03. The van der Waals surface area contributed by atoms with E-state index in [4.69, 9.17) is 4.74 Å². The van der Waals surface area contributed by atoms with Gasteiger partial charge in [0.2, 0.25) is 0 Å². The summed E-state index contributed by atoms with van der Waals surface area (Å²) in [7, 11) is -7.80. The average Bonchev–Trinajstić information content (AvgIpc) is 3.27. The summed E-state index contributed by atoms with van der Waals surface area (Å²) in [5.41, 5.74) is 5.62. The van der Waals surface area contributed by atoms with E-state index in [-0.39, 0.29) is 33.5 Å². The molecule has 0 saturated carbocycles. The molecule has 15 nitrogen and oxygen atoms in total. The zero-order chi connectivity index (χ0) is 52.9. The van der Waals surface area contributed by atoms with Gasteiger partial charge in [0.05, 0.1) is 38.1 Å². The van der Waals surface area contributed by atoms with Gasteiger partial charge in [-0.05, 0) is 199 Å². The summed E-state index contributed by atoms with van der Waals surface area (Å²) in [6.45, 7) is 20.1. The van der Waals surface area contributed by atoms with Gasteiger partial charge in [0.25, 0.3) is 20.0 Å². The summed E-state index contributed by atoms with van der Waals surface area (Å²) >= 11 is 0.